The zero-order valence-electron chi connectivity index (χ0n) is 19.2. The Labute approximate surface area is 201 Å². The molecule has 35 heavy (non-hydrogen) atoms. The number of para-hydroxylation sites is 2. The van der Waals surface area contributed by atoms with Crippen LogP contribution in [0.15, 0.2) is 78.9 Å². The summed E-state index contributed by atoms with van der Waals surface area (Å²) in [7, 11) is 1.92. The number of carbonyl (C=O) groups is 3. The molecule has 7 heteroatoms. The minimum absolute atomic E-state index is 0.290. The number of nitrogens with one attached hydrogen (secondary N) is 1. The number of hydrogen-bond acceptors (Lipinski definition) is 4. The molecule has 1 atom stereocenters. The first kappa shape index (κ1) is 21.2. The molecule has 3 heterocycles. The summed E-state index contributed by atoms with van der Waals surface area (Å²) in [5.41, 5.74) is 2.46. The third kappa shape index (κ3) is 3.08. The normalized spacial score (nSPS) is 19.1. The number of rotatable bonds is 4. The van der Waals surface area contributed by atoms with Crippen molar-refractivity contribution in [3.8, 4) is 17.0 Å². The fraction of sp³-hybridized carbons (Fsp3) is 0.179. The number of Topliss-reactive ketones (excluding diaryl/α,β-unsaturated/α-hetero) is 1. The van der Waals surface area contributed by atoms with E-state index in [1.165, 1.54) is 0 Å². The lowest BCUT2D eigenvalue weighted by Crippen LogP contribution is -2.47. The molecule has 1 spiro atoms. The lowest BCUT2D eigenvalue weighted by molar-refractivity contribution is -0.132. The van der Waals surface area contributed by atoms with E-state index in [1.807, 2.05) is 78.3 Å². The molecule has 0 radical (unpaired) electrons. The summed E-state index contributed by atoms with van der Waals surface area (Å²) in [6.45, 7) is -0.0461. The Balaban J connectivity index is 1.41. The molecular weight excluding hydrogens is 442 g/mol. The van der Waals surface area contributed by atoms with E-state index in [4.69, 9.17) is 4.74 Å². The maximum Gasteiger partial charge on any atom is 0.325 e. The Bertz CT molecular complexity index is 1510. The summed E-state index contributed by atoms with van der Waals surface area (Å²) in [5, 5.41) is 3.66. The largest absolute Gasteiger partial charge is 0.493 e. The topological polar surface area (TPSA) is 80.6 Å². The standard InChI is InChI=1S/C28H23N3O4/c1-30-21-13-7-5-11-19(21)24(25(30)18-9-3-2-4-10-18)22(32)17-31-26(33)28(29-27(31)34)15-16-35-23-14-8-6-12-20(23)28/h2-14H,15-17H2,1H3,(H,29,34). The molecule has 2 aliphatic heterocycles. The number of urea groups is 1. The number of amides is 3. The van der Waals surface area contributed by atoms with Gasteiger partial charge in [-0.05, 0) is 17.7 Å². The van der Waals surface area contributed by atoms with Crippen molar-refractivity contribution in [2.45, 2.75) is 12.0 Å². The Morgan fingerprint density at radius 1 is 0.971 bits per heavy atom. The van der Waals surface area contributed by atoms with Crippen LogP contribution < -0.4 is 10.1 Å². The number of ether oxygens (including phenoxy) is 1. The number of ketones is 1. The van der Waals surface area contributed by atoms with Crippen LogP contribution in [0.2, 0.25) is 0 Å². The van der Waals surface area contributed by atoms with Crippen LogP contribution in [0.4, 0.5) is 4.79 Å². The van der Waals surface area contributed by atoms with Gasteiger partial charge >= 0.3 is 6.03 Å². The first-order chi connectivity index (χ1) is 17.0. The smallest absolute Gasteiger partial charge is 0.325 e. The molecule has 0 saturated carbocycles. The molecule has 1 N–H and O–H groups in total. The summed E-state index contributed by atoms with van der Waals surface area (Å²) in [5.74, 6) is -0.143. The van der Waals surface area contributed by atoms with E-state index in [1.54, 1.807) is 12.1 Å². The summed E-state index contributed by atoms with van der Waals surface area (Å²) in [4.78, 5) is 41.6. The number of aryl methyl sites for hydroxylation is 1. The van der Waals surface area contributed by atoms with Crippen molar-refractivity contribution >= 4 is 28.6 Å². The predicted molar refractivity (Wildman–Crippen MR) is 131 cm³/mol. The van der Waals surface area contributed by atoms with Crippen LogP contribution in [-0.4, -0.2) is 40.3 Å². The van der Waals surface area contributed by atoms with Crippen LogP contribution in [0.3, 0.4) is 0 Å². The Morgan fingerprint density at radius 2 is 1.69 bits per heavy atom. The van der Waals surface area contributed by atoms with Crippen molar-refractivity contribution in [2.24, 2.45) is 7.05 Å². The van der Waals surface area contributed by atoms with E-state index < -0.39 is 17.5 Å². The van der Waals surface area contributed by atoms with Gasteiger partial charge in [-0.2, -0.15) is 0 Å². The third-order valence-electron chi connectivity index (χ3n) is 6.99. The molecule has 7 nitrogen and oxygen atoms in total. The molecule has 1 unspecified atom stereocenters. The second-order valence-corrected chi connectivity index (χ2v) is 8.91. The third-order valence-corrected chi connectivity index (χ3v) is 6.99. The van der Waals surface area contributed by atoms with Crippen molar-refractivity contribution in [3.63, 3.8) is 0 Å². The highest BCUT2D eigenvalue weighted by Gasteiger charge is 2.55. The minimum atomic E-state index is -1.22. The monoisotopic (exact) mass is 465 g/mol. The number of imide groups is 1. The summed E-state index contributed by atoms with van der Waals surface area (Å²) < 4.78 is 7.69. The number of carbonyl (C=O) groups excluding carboxylic acids is 3. The van der Waals surface area contributed by atoms with Crippen molar-refractivity contribution in [1.82, 2.24) is 14.8 Å². The van der Waals surface area contributed by atoms with Gasteiger partial charge in [-0.25, -0.2) is 4.79 Å². The van der Waals surface area contributed by atoms with E-state index in [2.05, 4.69) is 5.32 Å². The Morgan fingerprint density at radius 3 is 2.51 bits per heavy atom. The van der Waals surface area contributed by atoms with Gasteiger partial charge < -0.3 is 14.6 Å². The lowest BCUT2D eigenvalue weighted by Gasteiger charge is -2.33. The average Bonchev–Trinajstić information content (AvgIpc) is 3.31. The van der Waals surface area contributed by atoms with Gasteiger partial charge in [0.15, 0.2) is 11.3 Å². The fourth-order valence-electron chi connectivity index (χ4n) is 5.35. The maximum atomic E-state index is 13.8. The second-order valence-electron chi connectivity index (χ2n) is 8.91. The molecule has 4 aromatic rings. The molecule has 0 bridgehead atoms. The van der Waals surface area contributed by atoms with Crippen LogP contribution in [0.25, 0.3) is 22.2 Å². The van der Waals surface area contributed by atoms with Gasteiger partial charge in [0.2, 0.25) is 0 Å². The fourth-order valence-corrected chi connectivity index (χ4v) is 5.35. The van der Waals surface area contributed by atoms with Crippen LogP contribution in [-0.2, 0) is 17.4 Å². The van der Waals surface area contributed by atoms with E-state index in [-0.39, 0.29) is 12.3 Å². The first-order valence-corrected chi connectivity index (χ1v) is 11.5. The van der Waals surface area contributed by atoms with Gasteiger partial charge in [-0.3, -0.25) is 14.5 Å². The molecule has 1 aromatic heterocycles. The summed E-state index contributed by atoms with van der Waals surface area (Å²) >= 11 is 0. The molecule has 1 saturated heterocycles. The zero-order chi connectivity index (χ0) is 24.2. The van der Waals surface area contributed by atoms with Gasteiger partial charge in [0.25, 0.3) is 5.91 Å². The van der Waals surface area contributed by atoms with Gasteiger partial charge in [0.1, 0.15) is 5.75 Å². The zero-order valence-corrected chi connectivity index (χ0v) is 19.2. The van der Waals surface area contributed by atoms with Crippen molar-refractivity contribution < 1.29 is 19.1 Å². The molecule has 1 fully saturated rings. The van der Waals surface area contributed by atoms with Crippen LogP contribution in [0.5, 0.6) is 5.75 Å². The van der Waals surface area contributed by atoms with Gasteiger partial charge in [-0.1, -0.05) is 66.7 Å². The Hall–Kier alpha value is -4.39. The molecule has 6 rings (SSSR count). The number of nitrogens with zero attached hydrogens (tertiary/aromatic N) is 2. The molecule has 3 aromatic carbocycles. The van der Waals surface area contributed by atoms with Gasteiger partial charge in [-0.15, -0.1) is 0 Å². The quantitative estimate of drug-likeness (QED) is 0.361. The Kier molecular flexibility index (Phi) is 4.74. The van der Waals surface area contributed by atoms with Crippen molar-refractivity contribution in [2.75, 3.05) is 13.2 Å². The van der Waals surface area contributed by atoms with Crippen LogP contribution >= 0.6 is 0 Å². The molecule has 174 valence electrons. The molecule has 0 aliphatic carbocycles. The summed E-state index contributed by atoms with van der Waals surface area (Å²) in [6, 6.07) is 24.0. The maximum absolute atomic E-state index is 13.8. The lowest BCUT2D eigenvalue weighted by atomic mass is 9.84. The summed E-state index contributed by atoms with van der Waals surface area (Å²) in [6.07, 6.45) is 0.308. The highest BCUT2D eigenvalue weighted by Crippen LogP contribution is 2.41. The van der Waals surface area contributed by atoms with E-state index in [9.17, 15) is 14.4 Å². The SMILES string of the molecule is Cn1c(-c2ccccc2)c(C(=O)CN2C(=O)NC3(CCOc4ccccc43)C2=O)c2ccccc21. The van der Waals surface area contributed by atoms with E-state index in [0.29, 0.717) is 29.9 Å². The molecular formula is C28H23N3O4. The predicted octanol–water partition coefficient (Wildman–Crippen LogP) is 4.26. The highest BCUT2D eigenvalue weighted by atomic mass is 16.5. The molecule has 2 aliphatic rings. The number of hydrogen-bond donors (Lipinski definition) is 1. The average molecular weight is 466 g/mol. The highest BCUT2D eigenvalue weighted by molar-refractivity contribution is 6.17. The first-order valence-electron chi connectivity index (χ1n) is 11.5. The number of aromatic nitrogens is 1. The van der Waals surface area contributed by atoms with Crippen LogP contribution in [0.1, 0.15) is 22.3 Å². The molecule has 3 amide bonds. The number of benzene rings is 3. The van der Waals surface area contributed by atoms with Crippen molar-refractivity contribution in [1.29, 1.82) is 0 Å². The minimum Gasteiger partial charge on any atom is -0.493 e. The second kappa shape index (κ2) is 7.84. The van der Waals surface area contributed by atoms with E-state index >= 15 is 0 Å². The van der Waals surface area contributed by atoms with Gasteiger partial charge in [0.05, 0.1) is 24.4 Å². The van der Waals surface area contributed by atoms with E-state index in [0.717, 1.165) is 27.1 Å². The number of fused-ring (bicyclic) bond motifs is 3. The van der Waals surface area contributed by atoms with Gasteiger partial charge in [0, 0.05) is 29.9 Å². The van der Waals surface area contributed by atoms with Crippen molar-refractivity contribution in [3.05, 3.63) is 90.0 Å². The van der Waals surface area contributed by atoms with Crippen LogP contribution in [0, 0.1) is 0 Å².